The Morgan fingerprint density at radius 3 is 2.33 bits per heavy atom. The zero-order valence-corrected chi connectivity index (χ0v) is 13.7. The van der Waals surface area contributed by atoms with Gasteiger partial charge in [0.15, 0.2) is 0 Å². The number of nitrogens with one attached hydrogen (secondary N) is 1. The number of hydrogen-bond acceptors (Lipinski definition) is 6. The largest absolute Gasteiger partial charge is 0.477 e. The number of sulfonamides is 1. The number of esters is 1. The van der Waals surface area contributed by atoms with Gasteiger partial charge in [-0.1, -0.05) is 13.8 Å². The van der Waals surface area contributed by atoms with Gasteiger partial charge in [-0.3, -0.25) is 4.79 Å². The highest BCUT2D eigenvalue weighted by molar-refractivity contribution is 7.89. The Morgan fingerprint density at radius 1 is 1.38 bits per heavy atom. The fourth-order valence-corrected chi connectivity index (χ4v) is 4.41. The van der Waals surface area contributed by atoms with Crippen LogP contribution in [0.15, 0.2) is 11.0 Å². The first-order valence-electron chi connectivity index (χ1n) is 6.04. The van der Waals surface area contributed by atoms with Crippen LogP contribution in [-0.2, 0) is 19.6 Å². The second kappa shape index (κ2) is 6.54. The molecule has 0 radical (unpaired) electrons. The van der Waals surface area contributed by atoms with Crippen molar-refractivity contribution in [2.75, 3.05) is 7.11 Å². The topological polar surface area (TPSA) is 110 Å². The van der Waals surface area contributed by atoms with Gasteiger partial charge in [0.1, 0.15) is 10.9 Å². The maximum absolute atomic E-state index is 12.3. The Kier molecular flexibility index (Phi) is 5.48. The molecule has 0 aliphatic rings. The molecule has 0 aliphatic heterocycles. The molecule has 0 spiro atoms. The molecule has 0 saturated carbocycles. The summed E-state index contributed by atoms with van der Waals surface area (Å²) in [6.45, 7) is 4.86. The van der Waals surface area contributed by atoms with Crippen LogP contribution < -0.4 is 4.72 Å². The van der Waals surface area contributed by atoms with Gasteiger partial charge < -0.3 is 9.84 Å². The summed E-state index contributed by atoms with van der Waals surface area (Å²) in [6.07, 6.45) is 0. The Labute approximate surface area is 127 Å². The number of methoxy groups -OCH3 is 1. The quantitative estimate of drug-likeness (QED) is 0.757. The number of rotatable bonds is 6. The van der Waals surface area contributed by atoms with Gasteiger partial charge in [-0.15, -0.1) is 11.3 Å². The molecule has 0 bridgehead atoms. The smallest absolute Gasteiger partial charge is 0.345 e. The van der Waals surface area contributed by atoms with Gasteiger partial charge in [-0.2, -0.15) is 4.72 Å². The predicted octanol–water partition coefficient (Wildman–Crippen LogP) is 1.23. The van der Waals surface area contributed by atoms with Crippen LogP contribution in [0.5, 0.6) is 0 Å². The van der Waals surface area contributed by atoms with Crippen LogP contribution in [0, 0.1) is 12.8 Å². The number of carboxylic acid groups (broad SMARTS) is 1. The molecule has 1 rings (SSSR count). The average molecular weight is 335 g/mol. The minimum absolute atomic E-state index is 0.0768. The highest BCUT2D eigenvalue weighted by Crippen LogP contribution is 2.26. The number of hydrogen-bond donors (Lipinski definition) is 2. The van der Waals surface area contributed by atoms with Gasteiger partial charge in [-0.25, -0.2) is 13.2 Å². The van der Waals surface area contributed by atoms with Gasteiger partial charge in [-0.05, 0) is 18.9 Å². The van der Waals surface area contributed by atoms with Crippen molar-refractivity contribution in [1.29, 1.82) is 0 Å². The lowest BCUT2D eigenvalue weighted by atomic mass is 10.1. The summed E-state index contributed by atoms with van der Waals surface area (Å²) in [5, 5.41) is 8.91. The number of carbonyl (C=O) groups is 2. The van der Waals surface area contributed by atoms with Crippen LogP contribution in [0.2, 0.25) is 0 Å². The summed E-state index contributed by atoms with van der Waals surface area (Å²) < 4.78 is 31.5. The number of carbonyl (C=O) groups excluding carboxylic acids is 1. The Morgan fingerprint density at radius 2 is 1.95 bits per heavy atom. The van der Waals surface area contributed by atoms with Crippen LogP contribution in [0.25, 0.3) is 0 Å². The molecule has 0 aromatic carbocycles. The number of thiophene rings is 1. The van der Waals surface area contributed by atoms with Crippen molar-refractivity contribution in [1.82, 2.24) is 4.72 Å². The average Bonchev–Trinajstić information content (AvgIpc) is 2.78. The maximum Gasteiger partial charge on any atom is 0.345 e. The van der Waals surface area contributed by atoms with Crippen LogP contribution in [0.4, 0.5) is 0 Å². The van der Waals surface area contributed by atoms with E-state index in [1.807, 2.05) is 0 Å². The molecule has 21 heavy (non-hydrogen) atoms. The maximum atomic E-state index is 12.3. The second-order valence-corrected chi connectivity index (χ2v) is 7.64. The van der Waals surface area contributed by atoms with Crippen LogP contribution >= 0.6 is 11.3 Å². The van der Waals surface area contributed by atoms with Gasteiger partial charge in [0.05, 0.1) is 12.0 Å². The molecule has 2 N–H and O–H groups in total. The van der Waals surface area contributed by atoms with E-state index in [1.54, 1.807) is 13.8 Å². The van der Waals surface area contributed by atoms with Gasteiger partial charge >= 0.3 is 11.9 Å². The molecule has 0 unspecified atom stereocenters. The van der Waals surface area contributed by atoms with E-state index >= 15 is 0 Å². The number of aromatic carboxylic acids is 1. The zero-order chi connectivity index (χ0) is 16.4. The Balaban J connectivity index is 3.16. The minimum Gasteiger partial charge on any atom is -0.477 e. The minimum atomic E-state index is -4.01. The first-order chi connectivity index (χ1) is 9.60. The summed E-state index contributed by atoms with van der Waals surface area (Å²) in [4.78, 5) is 22.6. The summed E-state index contributed by atoms with van der Waals surface area (Å²) >= 11 is 0.864. The van der Waals surface area contributed by atoms with E-state index < -0.39 is 28.0 Å². The SMILES string of the molecule is COC(=O)[C@@H](NS(=O)(=O)c1cc(C(=O)O)sc1C)C(C)C. The lowest BCUT2D eigenvalue weighted by Gasteiger charge is -2.19. The van der Waals surface area contributed by atoms with Gasteiger partial charge in [0.2, 0.25) is 10.0 Å². The lowest BCUT2D eigenvalue weighted by molar-refractivity contribution is -0.143. The highest BCUT2D eigenvalue weighted by Gasteiger charge is 2.31. The van der Waals surface area contributed by atoms with E-state index in [0.29, 0.717) is 4.88 Å². The summed E-state index contributed by atoms with van der Waals surface area (Å²) in [6, 6.07) is 0.0480. The molecule has 0 fully saturated rings. The molecule has 7 nitrogen and oxygen atoms in total. The van der Waals surface area contributed by atoms with Crippen molar-refractivity contribution in [3.8, 4) is 0 Å². The van der Waals surface area contributed by atoms with Crippen molar-refractivity contribution in [3.05, 3.63) is 15.8 Å². The van der Waals surface area contributed by atoms with Gasteiger partial charge in [0, 0.05) is 4.88 Å². The van der Waals surface area contributed by atoms with E-state index in [9.17, 15) is 18.0 Å². The first kappa shape index (κ1) is 17.6. The summed E-state index contributed by atoms with van der Waals surface area (Å²) in [5.41, 5.74) is 0. The Bertz CT molecular complexity index is 647. The van der Waals surface area contributed by atoms with Crippen molar-refractivity contribution in [2.24, 2.45) is 5.92 Å². The highest BCUT2D eigenvalue weighted by atomic mass is 32.2. The van der Waals surface area contributed by atoms with E-state index in [4.69, 9.17) is 5.11 Å². The third kappa shape index (κ3) is 4.02. The molecule has 1 heterocycles. The number of aryl methyl sites for hydroxylation is 1. The molecule has 0 aliphatic carbocycles. The van der Waals surface area contributed by atoms with E-state index in [2.05, 4.69) is 9.46 Å². The van der Waals surface area contributed by atoms with Crippen molar-refractivity contribution < 1.29 is 27.9 Å². The van der Waals surface area contributed by atoms with E-state index in [0.717, 1.165) is 17.4 Å². The molecular weight excluding hydrogens is 318 g/mol. The molecule has 0 amide bonds. The Hall–Kier alpha value is -1.45. The third-order valence-corrected chi connectivity index (χ3v) is 5.51. The second-order valence-electron chi connectivity index (χ2n) is 4.70. The molecule has 1 atom stereocenters. The van der Waals surface area contributed by atoms with Crippen molar-refractivity contribution in [2.45, 2.75) is 31.7 Å². The lowest BCUT2D eigenvalue weighted by Crippen LogP contribution is -2.44. The fraction of sp³-hybridized carbons (Fsp3) is 0.500. The molecule has 1 aromatic rings. The first-order valence-corrected chi connectivity index (χ1v) is 8.34. The van der Waals surface area contributed by atoms with E-state index in [-0.39, 0.29) is 15.7 Å². The third-order valence-electron chi connectivity index (χ3n) is 2.78. The van der Waals surface area contributed by atoms with Crippen LogP contribution in [-0.4, -0.2) is 38.6 Å². The molecular formula is C12H17NO6S2. The van der Waals surface area contributed by atoms with Crippen LogP contribution in [0.1, 0.15) is 28.4 Å². The molecule has 1 aromatic heterocycles. The van der Waals surface area contributed by atoms with E-state index in [1.165, 1.54) is 14.0 Å². The van der Waals surface area contributed by atoms with Gasteiger partial charge in [0.25, 0.3) is 0 Å². The van der Waals surface area contributed by atoms with Crippen molar-refractivity contribution >= 4 is 33.3 Å². The van der Waals surface area contributed by atoms with Crippen molar-refractivity contribution in [3.63, 3.8) is 0 Å². The molecule has 9 heteroatoms. The number of carboxylic acids is 1. The van der Waals surface area contributed by atoms with Crippen LogP contribution in [0.3, 0.4) is 0 Å². The zero-order valence-electron chi connectivity index (χ0n) is 12.0. The summed E-state index contributed by atoms with van der Waals surface area (Å²) in [7, 11) is -2.84. The predicted molar refractivity (Wildman–Crippen MR) is 77.0 cm³/mol. The molecule has 118 valence electrons. The normalized spacial score (nSPS) is 13.2. The summed E-state index contributed by atoms with van der Waals surface area (Å²) in [5.74, 6) is -2.21. The fourth-order valence-electron chi connectivity index (χ4n) is 1.65. The molecule has 0 saturated heterocycles. The standard InChI is InChI=1S/C12H17NO6S2/c1-6(2)10(12(16)19-4)13-21(17,18)9-5-8(11(14)15)20-7(9)3/h5-6,10,13H,1-4H3,(H,14,15)/t10-/m0/s1. The number of ether oxygens (including phenoxy) is 1. The monoisotopic (exact) mass is 335 g/mol.